The molecule has 0 radical (unpaired) electrons. The molecule has 0 bridgehead atoms. The third-order valence-electron chi connectivity index (χ3n) is 2.94. The van der Waals surface area contributed by atoms with Gasteiger partial charge in [-0.25, -0.2) is 0 Å². The highest BCUT2D eigenvalue weighted by Crippen LogP contribution is 2.22. The summed E-state index contributed by atoms with van der Waals surface area (Å²) in [6.45, 7) is 3.21. The van der Waals surface area contributed by atoms with Crippen LogP contribution in [0.2, 0.25) is 0 Å². The normalized spacial score (nSPS) is 9.68. The van der Waals surface area contributed by atoms with Crippen LogP contribution in [0.3, 0.4) is 0 Å². The average molecular weight is 294 g/mol. The van der Waals surface area contributed by atoms with Gasteiger partial charge in [-0.3, -0.25) is 9.59 Å². The number of rotatable bonds is 3. The molecule has 0 spiro atoms. The fraction of sp³-hybridized carbons (Fsp3) is 0.118. The van der Waals surface area contributed by atoms with Crippen molar-refractivity contribution in [2.24, 2.45) is 0 Å². The number of aryl methyl sites for hydroxylation is 1. The van der Waals surface area contributed by atoms with Crippen LogP contribution in [-0.2, 0) is 4.79 Å². The molecule has 0 aromatic heterocycles. The van der Waals surface area contributed by atoms with Gasteiger partial charge in [0.15, 0.2) is 0 Å². The van der Waals surface area contributed by atoms with Gasteiger partial charge in [0.25, 0.3) is 5.91 Å². The minimum Gasteiger partial charge on any atom is -0.427 e. The third kappa shape index (κ3) is 3.70. The summed E-state index contributed by atoms with van der Waals surface area (Å²) in [6.07, 6.45) is 0. The Bertz CT molecular complexity index is 758. The molecule has 0 aliphatic carbocycles. The van der Waals surface area contributed by atoms with Crippen LogP contribution in [0.25, 0.3) is 0 Å². The van der Waals surface area contributed by atoms with Crippen molar-refractivity contribution < 1.29 is 14.3 Å². The SMILES string of the molecule is CC(=O)Oc1ccc(NC(=O)c2ccc(C)cc2)c(C#N)c1. The van der Waals surface area contributed by atoms with Gasteiger partial charge in [0.2, 0.25) is 0 Å². The summed E-state index contributed by atoms with van der Waals surface area (Å²) in [4.78, 5) is 23.1. The summed E-state index contributed by atoms with van der Waals surface area (Å²) in [5.74, 6) is -0.519. The lowest BCUT2D eigenvalue weighted by Crippen LogP contribution is -2.13. The first kappa shape index (κ1) is 15.3. The minimum atomic E-state index is -0.472. The minimum absolute atomic E-state index is 0.221. The Morgan fingerprint density at radius 3 is 2.41 bits per heavy atom. The van der Waals surface area contributed by atoms with Crippen molar-refractivity contribution in [1.82, 2.24) is 0 Å². The maximum Gasteiger partial charge on any atom is 0.308 e. The van der Waals surface area contributed by atoms with Crippen molar-refractivity contribution in [3.05, 3.63) is 59.2 Å². The van der Waals surface area contributed by atoms with E-state index in [9.17, 15) is 9.59 Å². The molecule has 0 fully saturated rings. The van der Waals surface area contributed by atoms with E-state index in [1.165, 1.54) is 25.1 Å². The van der Waals surface area contributed by atoms with Gasteiger partial charge in [0.1, 0.15) is 11.8 Å². The van der Waals surface area contributed by atoms with E-state index >= 15 is 0 Å². The predicted molar refractivity (Wildman–Crippen MR) is 81.6 cm³/mol. The first-order valence-electron chi connectivity index (χ1n) is 6.60. The number of nitriles is 1. The second kappa shape index (κ2) is 6.55. The summed E-state index contributed by atoms with van der Waals surface area (Å²) in [5, 5.41) is 11.8. The fourth-order valence-electron chi connectivity index (χ4n) is 1.85. The molecule has 0 saturated carbocycles. The van der Waals surface area contributed by atoms with Crippen molar-refractivity contribution in [1.29, 1.82) is 5.26 Å². The molecular formula is C17H14N2O3. The lowest BCUT2D eigenvalue weighted by molar-refractivity contribution is -0.131. The zero-order valence-electron chi connectivity index (χ0n) is 12.2. The maximum atomic E-state index is 12.2. The number of anilines is 1. The van der Waals surface area contributed by atoms with Gasteiger partial charge in [-0.05, 0) is 31.2 Å². The summed E-state index contributed by atoms with van der Waals surface area (Å²) in [6, 6.07) is 13.5. The Morgan fingerprint density at radius 2 is 1.82 bits per heavy atom. The number of hydrogen-bond acceptors (Lipinski definition) is 4. The third-order valence-corrected chi connectivity index (χ3v) is 2.94. The number of nitrogens with one attached hydrogen (secondary N) is 1. The van der Waals surface area contributed by atoms with Crippen molar-refractivity contribution >= 4 is 17.6 Å². The van der Waals surface area contributed by atoms with Crippen molar-refractivity contribution in [3.8, 4) is 11.8 Å². The zero-order valence-corrected chi connectivity index (χ0v) is 12.2. The molecule has 0 aliphatic rings. The quantitative estimate of drug-likeness (QED) is 0.697. The van der Waals surface area contributed by atoms with E-state index in [-0.39, 0.29) is 17.2 Å². The molecule has 1 amide bonds. The Balaban J connectivity index is 2.22. The maximum absolute atomic E-state index is 12.2. The molecule has 1 N–H and O–H groups in total. The van der Waals surface area contributed by atoms with Gasteiger partial charge in [0, 0.05) is 18.6 Å². The van der Waals surface area contributed by atoms with Crippen LogP contribution in [0.5, 0.6) is 5.75 Å². The second-order valence-corrected chi connectivity index (χ2v) is 4.73. The first-order chi connectivity index (χ1) is 10.5. The van der Waals surface area contributed by atoms with Crippen molar-refractivity contribution in [3.63, 3.8) is 0 Å². The fourth-order valence-corrected chi connectivity index (χ4v) is 1.85. The predicted octanol–water partition coefficient (Wildman–Crippen LogP) is 3.04. The molecule has 22 heavy (non-hydrogen) atoms. The molecule has 0 atom stereocenters. The van der Waals surface area contributed by atoms with Gasteiger partial charge < -0.3 is 10.1 Å². The Morgan fingerprint density at radius 1 is 1.14 bits per heavy atom. The zero-order chi connectivity index (χ0) is 16.1. The Labute approximate surface area is 128 Å². The van der Waals surface area contributed by atoms with E-state index in [4.69, 9.17) is 10.00 Å². The van der Waals surface area contributed by atoms with E-state index < -0.39 is 5.97 Å². The van der Waals surface area contributed by atoms with Gasteiger partial charge >= 0.3 is 5.97 Å². The summed E-state index contributed by atoms with van der Waals surface area (Å²) < 4.78 is 4.91. The van der Waals surface area contributed by atoms with E-state index in [0.29, 0.717) is 11.3 Å². The number of carbonyl (C=O) groups is 2. The standard InChI is InChI=1S/C17H14N2O3/c1-11-3-5-13(6-4-11)17(21)19-16-8-7-15(22-12(2)20)9-14(16)10-18/h3-9H,1-2H3,(H,19,21). The van der Waals surface area contributed by atoms with Crippen LogP contribution < -0.4 is 10.1 Å². The van der Waals surface area contributed by atoms with E-state index in [2.05, 4.69) is 5.32 Å². The molecule has 2 aromatic carbocycles. The van der Waals surface area contributed by atoms with Crippen molar-refractivity contribution in [2.75, 3.05) is 5.32 Å². The molecule has 0 heterocycles. The summed E-state index contributed by atoms with van der Waals surface area (Å²) in [7, 11) is 0. The van der Waals surface area contributed by atoms with Gasteiger partial charge in [-0.2, -0.15) is 5.26 Å². The van der Waals surface area contributed by atoms with Crippen LogP contribution in [0.15, 0.2) is 42.5 Å². The molecular weight excluding hydrogens is 280 g/mol. The number of ether oxygens (including phenoxy) is 1. The van der Waals surface area contributed by atoms with Gasteiger partial charge in [0.05, 0.1) is 11.3 Å². The van der Waals surface area contributed by atoms with E-state index in [0.717, 1.165) is 5.56 Å². The molecule has 5 heteroatoms. The number of hydrogen-bond donors (Lipinski definition) is 1. The molecule has 0 aliphatic heterocycles. The molecule has 0 saturated heterocycles. The largest absolute Gasteiger partial charge is 0.427 e. The number of nitrogens with zero attached hydrogens (tertiary/aromatic N) is 1. The van der Waals surface area contributed by atoms with Gasteiger partial charge in [-0.15, -0.1) is 0 Å². The van der Waals surface area contributed by atoms with E-state index in [1.54, 1.807) is 12.1 Å². The lowest BCUT2D eigenvalue weighted by atomic mass is 10.1. The summed E-state index contributed by atoms with van der Waals surface area (Å²) >= 11 is 0. The highest BCUT2D eigenvalue weighted by Gasteiger charge is 2.10. The molecule has 0 unspecified atom stereocenters. The number of esters is 1. The Hall–Kier alpha value is -3.13. The molecule has 110 valence electrons. The number of carbonyl (C=O) groups excluding carboxylic acids is 2. The number of amides is 1. The summed E-state index contributed by atoms with van der Waals surface area (Å²) in [5.41, 5.74) is 2.14. The monoisotopic (exact) mass is 294 g/mol. The van der Waals surface area contributed by atoms with Crippen molar-refractivity contribution in [2.45, 2.75) is 13.8 Å². The average Bonchev–Trinajstić information content (AvgIpc) is 2.48. The number of benzene rings is 2. The molecule has 2 rings (SSSR count). The first-order valence-corrected chi connectivity index (χ1v) is 6.60. The van der Waals surface area contributed by atoms with Gasteiger partial charge in [-0.1, -0.05) is 17.7 Å². The van der Waals surface area contributed by atoms with Crippen LogP contribution in [0.4, 0.5) is 5.69 Å². The Kier molecular flexibility index (Phi) is 4.54. The topological polar surface area (TPSA) is 79.2 Å². The van der Waals surface area contributed by atoms with Crippen LogP contribution in [0.1, 0.15) is 28.4 Å². The van der Waals surface area contributed by atoms with E-state index in [1.807, 2.05) is 25.1 Å². The molecule has 2 aromatic rings. The van der Waals surface area contributed by atoms with Crippen LogP contribution >= 0.6 is 0 Å². The van der Waals surface area contributed by atoms with Crippen LogP contribution in [-0.4, -0.2) is 11.9 Å². The lowest BCUT2D eigenvalue weighted by Gasteiger charge is -2.09. The molecule has 5 nitrogen and oxygen atoms in total. The highest BCUT2D eigenvalue weighted by atomic mass is 16.5. The van der Waals surface area contributed by atoms with Crippen LogP contribution in [0, 0.1) is 18.3 Å². The smallest absolute Gasteiger partial charge is 0.308 e. The second-order valence-electron chi connectivity index (χ2n) is 4.73. The highest BCUT2D eigenvalue weighted by molar-refractivity contribution is 6.05.